The maximum absolute atomic E-state index is 14.2. The molecule has 2 unspecified atom stereocenters. The highest BCUT2D eigenvalue weighted by Crippen LogP contribution is 2.47. The Morgan fingerprint density at radius 1 is 0.791 bits per heavy atom. The van der Waals surface area contributed by atoms with Crippen molar-refractivity contribution in [1.82, 2.24) is 14.4 Å². The summed E-state index contributed by atoms with van der Waals surface area (Å²) >= 11 is 0. The highest BCUT2D eigenvalue weighted by Gasteiger charge is 2.45. The number of piperazine rings is 1. The minimum Gasteiger partial charge on any atom is -0.368 e. The van der Waals surface area contributed by atoms with Crippen molar-refractivity contribution < 1.29 is 9.59 Å². The van der Waals surface area contributed by atoms with Crippen molar-refractivity contribution in [2.24, 2.45) is 7.05 Å². The summed E-state index contributed by atoms with van der Waals surface area (Å²) in [6.07, 6.45) is 0. The lowest BCUT2D eigenvalue weighted by Gasteiger charge is -2.39. The molecule has 0 N–H and O–H groups in total. The molecule has 1 fully saturated rings. The molecule has 0 saturated carbocycles. The smallest absolute Gasteiger partial charge is 0.255 e. The number of aromatic nitrogens is 1. The largest absolute Gasteiger partial charge is 0.368 e. The van der Waals surface area contributed by atoms with Crippen LogP contribution in [0.15, 0.2) is 103 Å². The first kappa shape index (κ1) is 27.0. The van der Waals surface area contributed by atoms with Crippen LogP contribution in [0.5, 0.6) is 0 Å². The van der Waals surface area contributed by atoms with Gasteiger partial charge >= 0.3 is 0 Å². The van der Waals surface area contributed by atoms with Crippen molar-refractivity contribution >= 4 is 28.4 Å². The average Bonchev–Trinajstić information content (AvgIpc) is 3.51. The number of fused-ring (bicyclic) bond motifs is 2. The lowest BCUT2D eigenvalue weighted by Crippen LogP contribution is -2.55. The maximum atomic E-state index is 14.2. The molecule has 43 heavy (non-hydrogen) atoms. The predicted molar refractivity (Wildman–Crippen MR) is 172 cm³/mol. The lowest BCUT2D eigenvalue weighted by molar-refractivity contribution is -0.136. The second-order valence-corrected chi connectivity index (χ2v) is 11.7. The molecular formula is C37H36N4O2. The van der Waals surface area contributed by atoms with E-state index in [0.29, 0.717) is 18.7 Å². The fraction of sp³-hybridized carbons (Fsp3) is 0.243. The number of anilines is 1. The monoisotopic (exact) mass is 568 g/mol. The normalized spacial score (nSPS) is 17.4. The zero-order chi connectivity index (χ0) is 29.7. The van der Waals surface area contributed by atoms with Crippen LogP contribution in [0.25, 0.3) is 22.2 Å². The van der Waals surface area contributed by atoms with Gasteiger partial charge in [-0.2, -0.15) is 0 Å². The third kappa shape index (κ3) is 4.49. The zero-order valence-electron chi connectivity index (χ0n) is 24.9. The van der Waals surface area contributed by atoms with Crippen LogP contribution in [-0.2, 0) is 11.8 Å². The number of hydrogen-bond acceptors (Lipinski definition) is 3. The number of rotatable bonds is 5. The molecule has 4 aromatic carbocycles. The second-order valence-electron chi connectivity index (χ2n) is 11.7. The molecule has 2 amide bonds. The van der Waals surface area contributed by atoms with Gasteiger partial charge in [-0.25, -0.2) is 0 Å². The molecule has 6 nitrogen and oxygen atoms in total. The Bertz CT molecular complexity index is 1820. The minimum atomic E-state index is -0.627. The van der Waals surface area contributed by atoms with Gasteiger partial charge in [0, 0.05) is 60.9 Å². The van der Waals surface area contributed by atoms with Gasteiger partial charge in [0.05, 0.1) is 11.7 Å². The van der Waals surface area contributed by atoms with Crippen LogP contribution in [0, 0.1) is 6.92 Å². The van der Waals surface area contributed by atoms with Gasteiger partial charge in [0.15, 0.2) is 0 Å². The minimum absolute atomic E-state index is 0.00371. The molecular weight excluding hydrogens is 532 g/mol. The number of para-hydroxylation sites is 2. The first-order valence-corrected chi connectivity index (χ1v) is 15.1. The number of carbonyl (C=O) groups excluding carboxylic acids is 2. The van der Waals surface area contributed by atoms with Crippen LogP contribution in [-0.4, -0.2) is 58.4 Å². The Morgan fingerprint density at radius 3 is 2.19 bits per heavy atom. The van der Waals surface area contributed by atoms with E-state index in [9.17, 15) is 9.59 Å². The summed E-state index contributed by atoms with van der Waals surface area (Å²) in [5.74, 6) is -0.0943. The van der Waals surface area contributed by atoms with Crippen molar-refractivity contribution in [1.29, 1.82) is 0 Å². The molecule has 0 radical (unpaired) electrons. The van der Waals surface area contributed by atoms with E-state index in [4.69, 9.17) is 0 Å². The number of aryl methyl sites for hydroxylation is 2. The van der Waals surface area contributed by atoms with Crippen LogP contribution in [0.1, 0.15) is 40.0 Å². The summed E-state index contributed by atoms with van der Waals surface area (Å²) in [4.78, 5) is 34.5. The van der Waals surface area contributed by atoms with Gasteiger partial charge in [0.25, 0.3) is 5.91 Å². The van der Waals surface area contributed by atoms with Gasteiger partial charge in [-0.1, -0.05) is 84.4 Å². The Balaban J connectivity index is 1.30. The summed E-state index contributed by atoms with van der Waals surface area (Å²) in [7, 11) is 2.09. The maximum Gasteiger partial charge on any atom is 0.255 e. The number of nitrogens with zero attached hydrogens (tertiary/aromatic N) is 4. The molecule has 2 aliphatic rings. The van der Waals surface area contributed by atoms with Gasteiger partial charge in [0.1, 0.15) is 6.04 Å². The van der Waals surface area contributed by atoms with Gasteiger partial charge < -0.3 is 19.3 Å². The molecule has 2 aliphatic heterocycles. The van der Waals surface area contributed by atoms with Crippen LogP contribution in [0.4, 0.5) is 5.69 Å². The van der Waals surface area contributed by atoms with E-state index in [0.717, 1.165) is 46.4 Å². The third-order valence-electron chi connectivity index (χ3n) is 9.23. The number of benzene rings is 4. The molecule has 7 rings (SSSR count). The molecule has 216 valence electrons. The number of amides is 2. The van der Waals surface area contributed by atoms with E-state index < -0.39 is 12.1 Å². The van der Waals surface area contributed by atoms with Gasteiger partial charge in [-0.3, -0.25) is 9.59 Å². The highest BCUT2D eigenvalue weighted by molar-refractivity contribution is 6.04. The molecule has 0 aliphatic carbocycles. The van der Waals surface area contributed by atoms with Crippen LogP contribution in [0.3, 0.4) is 0 Å². The van der Waals surface area contributed by atoms with Crippen LogP contribution >= 0.6 is 0 Å². The number of carbonyl (C=O) groups is 2. The van der Waals surface area contributed by atoms with E-state index in [-0.39, 0.29) is 11.8 Å². The van der Waals surface area contributed by atoms with E-state index in [2.05, 4.69) is 90.2 Å². The number of hydrogen-bond donors (Lipinski definition) is 0. The van der Waals surface area contributed by atoms with Crippen molar-refractivity contribution in [3.8, 4) is 11.3 Å². The van der Waals surface area contributed by atoms with E-state index in [1.807, 2.05) is 53.1 Å². The fourth-order valence-corrected chi connectivity index (χ4v) is 7.00. The molecule has 0 bridgehead atoms. The molecule has 5 aromatic rings. The molecule has 3 heterocycles. The molecule has 2 atom stereocenters. The topological polar surface area (TPSA) is 48.8 Å². The summed E-state index contributed by atoms with van der Waals surface area (Å²) in [6.45, 7) is 6.77. The standard InChI is InChI=1S/C37H36N4O2/c1-25-17-19-27(20-18-25)34-33(31-15-9-10-16-32(31)38(34)3)35-29-13-7-8-14-30(29)37(43)41(35)26(2)36(42)40-23-21-39(22-24-40)28-11-5-4-6-12-28/h4-20,26,35H,21-24H2,1-3H3. The molecule has 0 spiro atoms. The molecule has 1 saturated heterocycles. The second kappa shape index (κ2) is 10.8. The summed E-state index contributed by atoms with van der Waals surface area (Å²) < 4.78 is 2.23. The van der Waals surface area contributed by atoms with E-state index in [1.165, 1.54) is 11.3 Å². The van der Waals surface area contributed by atoms with Crippen LogP contribution in [0.2, 0.25) is 0 Å². The van der Waals surface area contributed by atoms with Crippen LogP contribution < -0.4 is 4.90 Å². The Kier molecular flexibility index (Phi) is 6.77. The predicted octanol–water partition coefficient (Wildman–Crippen LogP) is 6.44. The van der Waals surface area contributed by atoms with Gasteiger partial charge in [-0.05, 0) is 49.2 Å². The van der Waals surface area contributed by atoms with Crippen molar-refractivity contribution in [3.05, 3.63) is 125 Å². The van der Waals surface area contributed by atoms with E-state index in [1.54, 1.807) is 0 Å². The highest BCUT2D eigenvalue weighted by atomic mass is 16.2. The van der Waals surface area contributed by atoms with Crippen molar-refractivity contribution in [2.45, 2.75) is 25.9 Å². The van der Waals surface area contributed by atoms with Gasteiger partial charge in [-0.15, -0.1) is 0 Å². The summed E-state index contributed by atoms with van der Waals surface area (Å²) in [5.41, 5.74) is 8.30. The lowest BCUT2D eigenvalue weighted by atomic mass is 9.92. The zero-order valence-corrected chi connectivity index (χ0v) is 24.9. The van der Waals surface area contributed by atoms with Gasteiger partial charge in [0.2, 0.25) is 5.91 Å². The first-order chi connectivity index (χ1) is 20.9. The quantitative estimate of drug-likeness (QED) is 0.245. The average molecular weight is 569 g/mol. The Morgan fingerprint density at radius 2 is 1.44 bits per heavy atom. The third-order valence-corrected chi connectivity index (χ3v) is 9.23. The first-order valence-electron chi connectivity index (χ1n) is 15.1. The van der Waals surface area contributed by atoms with Crippen molar-refractivity contribution in [2.75, 3.05) is 31.1 Å². The molecule has 6 heteroatoms. The summed E-state index contributed by atoms with van der Waals surface area (Å²) in [5, 5.41) is 1.09. The van der Waals surface area contributed by atoms with E-state index >= 15 is 0 Å². The van der Waals surface area contributed by atoms with Crippen molar-refractivity contribution in [3.63, 3.8) is 0 Å². The SMILES string of the molecule is Cc1ccc(-c2c(C3c4ccccc4C(=O)N3C(C)C(=O)N3CCN(c4ccccc4)CC3)c3ccccc3n2C)cc1. The molecule has 1 aromatic heterocycles. The Labute approximate surface area is 252 Å². The fourth-order valence-electron chi connectivity index (χ4n) is 7.00. The summed E-state index contributed by atoms with van der Waals surface area (Å²) in [6, 6.07) is 34.1. The Hall–Kier alpha value is -4.84.